The number of para-hydroxylation sites is 1. The molecule has 0 bridgehead atoms. The first-order chi connectivity index (χ1) is 8.86. The average molecular weight is 238 g/mol. The Morgan fingerprint density at radius 1 is 1.00 bits per heavy atom. The minimum atomic E-state index is 0.642. The third kappa shape index (κ3) is 1.82. The van der Waals surface area contributed by atoms with E-state index in [0.717, 1.165) is 16.7 Å². The molecule has 3 aromatic rings. The molecule has 0 atom stereocenters. The summed E-state index contributed by atoms with van der Waals surface area (Å²) >= 11 is 0. The predicted molar refractivity (Wildman–Crippen MR) is 68.6 cm³/mol. The summed E-state index contributed by atoms with van der Waals surface area (Å²) in [6.07, 6.45) is 0.642. The molecule has 0 unspecified atom stereocenters. The largest absolute Gasteiger partial charge is 0.329 e. The van der Waals surface area contributed by atoms with Gasteiger partial charge in [0.2, 0.25) is 6.41 Å². The highest BCUT2D eigenvalue weighted by atomic mass is 16.1. The van der Waals surface area contributed by atoms with Gasteiger partial charge in [-0.2, -0.15) is 4.80 Å². The maximum Gasteiger partial charge on any atom is 0.211 e. The van der Waals surface area contributed by atoms with Crippen molar-refractivity contribution in [3.05, 3.63) is 48.5 Å². The molecule has 1 amide bonds. The number of aromatic nitrogens is 3. The van der Waals surface area contributed by atoms with Crippen LogP contribution in [0.1, 0.15) is 0 Å². The lowest BCUT2D eigenvalue weighted by molar-refractivity contribution is -0.105. The van der Waals surface area contributed by atoms with Crippen LogP contribution in [0.2, 0.25) is 0 Å². The molecule has 5 heteroatoms. The molecule has 1 N–H and O–H groups in total. The van der Waals surface area contributed by atoms with Gasteiger partial charge in [0.05, 0.1) is 5.69 Å². The van der Waals surface area contributed by atoms with E-state index in [0.29, 0.717) is 12.1 Å². The van der Waals surface area contributed by atoms with Crippen molar-refractivity contribution in [1.82, 2.24) is 15.0 Å². The summed E-state index contributed by atoms with van der Waals surface area (Å²) in [4.78, 5) is 12.0. The van der Waals surface area contributed by atoms with Crippen LogP contribution in [0.25, 0.3) is 16.7 Å². The van der Waals surface area contributed by atoms with Crippen molar-refractivity contribution in [3.8, 4) is 5.69 Å². The molecule has 1 aromatic heterocycles. The van der Waals surface area contributed by atoms with Crippen LogP contribution in [0.3, 0.4) is 0 Å². The van der Waals surface area contributed by atoms with Gasteiger partial charge in [0.25, 0.3) is 0 Å². The molecule has 0 aliphatic carbocycles. The van der Waals surface area contributed by atoms with E-state index < -0.39 is 0 Å². The minimum Gasteiger partial charge on any atom is -0.329 e. The molecule has 0 saturated carbocycles. The maximum atomic E-state index is 10.4. The van der Waals surface area contributed by atoms with Crippen LogP contribution in [-0.4, -0.2) is 21.4 Å². The summed E-state index contributed by atoms with van der Waals surface area (Å²) in [5, 5.41) is 11.3. The zero-order valence-electron chi connectivity index (χ0n) is 9.45. The zero-order chi connectivity index (χ0) is 12.4. The summed E-state index contributed by atoms with van der Waals surface area (Å²) in [5.74, 6) is 0. The van der Waals surface area contributed by atoms with E-state index >= 15 is 0 Å². The van der Waals surface area contributed by atoms with E-state index in [4.69, 9.17) is 0 Å². The predicted octanol–water partition coefficient (Wildman–Crippen LogP) is 1.99. The summed E-state index contributed by atoms with van der Waals surface area (Å²) in [7, 11) is 0. The van der Waals surface area contributed by atoms with Gasteiger partial charge in [-0.15, -0.1) is 10.2 Å². The molecule has 0 aliphatic rings. The second kappa shape index (κ2) is 4.29. The number of amides is 1. The quantitative estimate of drug-likeness (QED) is 0.710. The van der Waals surface area contributed by atoms with Gasteiger partial charge in [0.15, 0.2) is 0 Å². The summed E-state index contributed by atoms with van der Waals surface area (Å²) in [6.45, 7) is 0. The summed E-state index contributed by atoms with van der Waals surface area (Å²) < 4.78 is 0. The molecule has 0 aliphatic heterocycles. The number of hydrogen-bond donors (Lipinski definition) is 1. The highest BCUT2D eigenvalue weighted by molar-refractivity contribution is 5.82. The van der Waals surface area contributed by atoms with E-state index in [2.05, 4.69) is 15.5 Å². The monoisotopic (exact) mass is 238 g/mol. The van der Waals surface area contributed by atoms with Gasteiger partial charge in [0, 0.05) is 5.69 Å². The maximum absolute atomic E-state index is 10.4. The topological polar surface area (TPSA) is 59.8 Å². The Morgan fingerprint density at radius 2 is 1.78 bits per heavy atom. The third-order valence-corrected chi connectivity index (χ3v) is 2.59. The van der Waals surface area contributed by atoms with Crippen LogP contribution in [0.4, 0.5) is 5.69 Å². The van der Waals surface area contributed by atoms with Gasteiger partial charge in [-0.3, -0.25) is 4.79 Å². The zero-order valence-corrected chi connectivity index (χ0v) is 9.45. The number of rotatable bonds is 3. The number of anilines is 1. The van der Waals surface area contributed by atoms with Crippen LogP contribution < -0.4 is 5.32 Å². The highest BCUT2D eigenvalue weighted by Gasteiger charge is 2.04. The SMILES string of the molecule is O=CNc1ccc2nn(-c3ccccc3)nc2c1. The van der Waals surface area contributed by atoms with E-state index in [1.54, 1.807) is 16.9 Å². The van der Waals surface area contributed by atoms with Gasteiger partial charge >= 0.3 is 0 Å². The number of carbonyl (C=O) groups is 1. The number of carbonyl (C=O) groups excluding carboxylic acids is 1. The van der Waals surface area contributed by atoms with Crippen molar-refractivity contribution in [2.24, 2.45) is 0 Å². The smallest absolute Gasteiger partial charge is 0.211 e. The second-order valence-electron chi connectivity index (χ2n) is 3.79. The number of nitrogens with one attached hydrogen (secondary N) is 1. The first-order valence-corrected chi connectivity index (χ1v) is 5.49. The molecular formula is C13H10N4O. The van der Waals surface area contributed by atoms with Crippen LogP contribution in [0, 0.1) is 0 Å². The fourth-order valence-electron chi connectivity index (χ4n) is 1.75. The average Bonchev–Trinajstić information content (AvgIpc) is 2.83. The third-order valence-electron chi connectivity index (χ3n) is 2.59. The van der Waals surface area contributed by atoms with E-state index in [9.17, 15) is 4.79 Å². The Balaban J connectivity index is 2.08. The van der Waals surface area contributed by atoms with Crippen molar-refractivity contribution in [2.45, 2.75) is 0 Å². The van der Waals surface area contributed by atoms with Crippen LogP contribution in [0.5, 0.6) is 0 Å². The Hall–Kier alpha value is -2.69. The molecular weight excluding hydrogens is 228 g/mol. The first kappa shape index (κ1) is 10.5. The molecule has 1 heterocycles. The normalized spacial score (nSPS) is 10.4. The Morgan fingerprint density at radius 3 is 2.56 bits per heavy atom. The lowest BCUT2D eigenvalue weighted by atomic mass is 10.3. The molecule has 0 radical (unpaired) electrons. The first-order valence-electron chi connectivity index (χ1n) is 5.49. The Kier molecular flexibility index (Phi) is 2.49. The van der Waals surface area contributed by atoms with E-state index in [1.165, 1.54) is 0 Å². The molecule has 0 spiro atoms. The van der Waals surface area contributed by atoms with Crippen molar-refractivity contribution < 1.29 is 4.79 Å². The lowest BCUT2D eigenvalue weighted by Crippen LogP contribution is -1.97. The minimum absolute atomic E-state index is 0.642. The highest BCUT2D eigenvalue weighted by Crippen LogP contribution is 2.16. The van der Waals surface area contributed by atoms with Gasteiger partial charge < -0.3 is 5.32 Å². The van der Waals surface area contributed by atoms with Crippen LogP contribution >= 0.6 is 0 Å². The number of benzene rings is 2. The molecule has 0 fully saturated rings. The molecule has 88 valence electrons. The van der Waals surface area contributed by atoms with Gasteiger partial charge in [-0.1, -0.05) is 18.2 Å². The standard InChI is InChI=1S/C13H10N4O/c18-9-14-10-6-7-12-13(8-10)16-17(15-12)11-4-2-1-3-5-11/h1-9H,(H,14,18). The van der Waals surface area contributed by atoms with E-state index in [1.807, 2.05) is 36.4 Å². The summed E-state index contributed by atoms with van der Waals surface area (Å²) in [6, 6.07) is 15.1. The fraction of sp³-hybridized carbons (Fsp3) is 0. The lowest BCUT2D eigenvalue weighted by Gasteiger charge is -1.96. The molecule has 2 aromatic carbocycles. The van der Waals surface area contributed by atoms with Crippen LogP contribution in [0.15, 0.2) is 48.5 Å². The molecule has 18 heavy (non-hydrogen) atoms. The second-order valence-corrected chi connectivity index (χ2v) is 3.79. The van der Waals surface area contributed by atoms with Gasteiger partial charge in [0.1, 0.15) is 11.0 Å². The molecule has 0 saturated heterocycles. The Bertz CT molecular complexity index is 691. The van der Waals surface area contributed by atoms with Crippen LogP contribution in [-0.2, 0) is 4.79 Å². The molecule has 3 rings (SSSR count). The number of hydrogen-bond acceptors (Lipinski definition) is 3. The van der Waals surface area contributed by atoms with Crippen molar-refractivity contribution in [3.63, 3.8) is 0 Å². The summed E-state index contributed by atoms with van der Waals surface area (Å²) in [5.41, 5.74) is 3.14. The van der Waals surface area contributed by atoms with Gasteiger partial charge in [-0.25, -0.2) is 0 Å². The fourth-order valence-corrected chi connectivity index (χ4v) is 1.75. The van der Waals surface area contributed by atoms with Crippen molar-refractivity contribution in [1.29, 1.82) is 0 Å². The van der Waals surface area contributed by atoms with E-state index in [-0.39, 0.29) is 0 Å². The number of fused-ring (bicyclic) bond motifs is 1. The van der Waals surface area contributed by atoms with Crippen molar-refractivity contribution in [2.75, 3.05) is 5.32 Å². The Labute approximate surface area is 103 Å². The molecule has 5 nitrogen and oxygen atoms in total. The van der Waals surface area contributed by atoms with Gasteiger partial charge in [-0.05, 0) is 30.3 Å². The van der Waals surface area contributed by atoms with Crippen molar-refractivity contribution >= 4 is 23.1 Å². The number of nitrogens with zero attached hydrogens (tertiary/aromatic N) is 3.